The average Bonchev–Trinajstić information content (AvgIpc) is 3.18. The summed E-state index contributed by atoms with van der Waals surface area (Å²) < 4.78 is 5.44. The Balaban J connectivity index is 0.00000144. The molecule has 0 spiro atoms. The maximum Gasteiger partial charge on any atom is 0.236 e. The number of nitrogens with zero attached hydrogens (tertiary/aromatic N) is 1. The van der Waals surface area contributed by atoms with Crippen molar-refractivity contribution in [2.75, 3.05) is 6.54 Å². The molecule has 1 fully saturated rings. The predicted molar refractivity (Wildman–Crippen MR) is 101 cm³/mol. The van der Waals surface area contributed by atoms with Gasteiger partial charge < -0.3 is 15.5 Å². The van der Waals surface area contributed by atoms with E-state index >= 15 is 0 Å². The molecule has 5 nitrogen and oxygen atoms in total. The van der Waals surface area contributed by atoms with E-state index in [1.54, 1.807) is 17.6 Å². The fourth-order valence-corrected chi connectivity index (χ4v) is 3.66. The highest BCUT2D eigenvalue weighted by Crippen LogP contribution is 2.25. The average molecular weight is 392 g/mol. The van der Waals surface area contributed by atoms with Gasteiger partial charge in [-0.05, 0) is 36.8 Å². The Labute approximate surface area is 158 Å². The van der Waals surface area contributed by atoms with Gasteiger partial charge in [-0.25, -0.2) is 4.98 Å². The van der Waals surface area contributed by atoms with Gasteiger partial charge in [-0.15, -0.1) is 36.2 Å². The third-order valence-electron chi connectivity index (χ3n) is 4.18. The molecule has 1 aliphatic carbocycles. The molecule has 3 N–H and O–H groups in total. The summed E-state index contributed by atoms with van der Waals surface area (Å²) in [5.41, 5.74) is 6.47. The van der Waals surface area contributed by atoms with Gasteiger partial charge in [0.2, 0.25) is 11.8 Å². The van der Waals surface area contributed by atoms with Crippen molar-refractivity contribution < 1.29 is 9.21 Å². The first-order chi connectivity index (χ1) is 10.8. The van der Waals surface area contributed by atoms with Crippen LogP contribution in [-0.4, -0.2) is 23.5 Å². The summed E-state index contributed by atoms with van der Waals surface area (Å²) in [6.07, 6.45) is 6.31. The van der Waals surface area contributed by atoms with Gasteiger partial charge in [-0.2, -0.15) is 0 Å². The second-order valence-corrected chi connectivity index (χ2v) is 6.70. The van der Waals surface area contributed by atoms with Crippen LogP contribution >= 0.6 is 36.2 Å². The number of hydrogen-bond acceptors (Lipinski definition) is 5. The van der Waals surface area contributed by atoms with Crippen LogP contribution in [0.3, 0.4) is 0 Å². The summed E-state index contributed by atoms with van der Waals surface area (Å²) >= 11 is 1.57. The molecule has 0 radical (unpaired) electrons. The highest BCUT2D eigenvalue weighted by atomic mass is 35.5. The number of amides is 1. The highest BCUT2D eigenvalue weighted by Gasteiger charge is 2.25. The van der Waals surface area contributed by atoms with Gasteiger partial charge in [0.15, 0.2) is 0 Å². The number of carbonyl (C=O) groups excluding carboxylic acids is 1. The molecule has 0 bridgehead atoms. The summed E-state index contributed by atoms with van der Waals surface area (Å²) in [7, 11) is 0. The zero-order valence-electron chi connectivity index (χ0n) is 13.3. The van der Waals surface area contributed by atoms with Crippen molar-refractivity contribution in [3.05, 3.63) is 29.5 Å². The number of thiophene rings is 1. The zero-order chi connectivity index (χ0) is 15.4. The van der Waals surface area contributed by atoms with Crippen molar-refractivity contribution in [2.45, 2.75) is 38.1 Å². The summed E-state index contributed by atoms with van der Waals surface area (Å²) in [5, 5.41) is 5.09. The summed E-state index contributed by atoms with van der Waals surface area (Å²) in [4.78, 5) is 17.6. The zero-order valence-corrected chi connectivity index (χ0v) is 15.7. The van der Waals surface area contributed by atoms with Gasteiger partial charge >= 0.3 is 0 Å². The van der Waals surface area contributed by atoms with Crippen molar-refractivity contribution in [3.63, 3.8) is 0 Å². The molecular weight excluding hydrogens is 369 g/mol. The third-order valence-corrected chi connectivity index (χ3v) is 5.04. The lowest BCUT2D eigenvalue weighted by atomic mass is 9.84. The minimum absolute atomic E-state index is 0. The molecule has 2 aromatic heterocycles. The Kier molecular flexibility index (Phi) is 8.76. The lowest BCUT2D eigenvalue weighted by Gasteiger charge is -2.31. The Morgan fingerprint density at radius 1 is 1.38 bits per heavy atom. The van der Waals surface area contributed by atoms with Crippen LogP contribution in [-0.2, 0) is 11.2 Å². The minimum Gasteiger partial charge on any atom is -0.444 e. The number of nitrogens with one attached hydrogen (secondary N) is 1. The minimum atomic E-state index is -0.00335. The second-order valence-electron chi connectivity index (χ2n) is 5.75. The molecule has 24 heavy (non-hydrogen) atoms. The number of rotatable bonds is 5. The maximum absolute atomic E-state index is 12.2. The smallest absolute Gasteiger partial charge is 0.236 e. The molecule has 2 aromatic rings. The van der Waals surface area contributed by atoms with E-state index in [2.05, 4.69) is 10.3 Å². The van der Waals surface area contributed by atoms with Crippen LogP contribution < -0.4 is 11.1 Å². The molecule has 0 aromatic carbocycles. The fraction of sp³-hybridized carbons (Fsp3) is 0.500. The van der Waals surface area contributed by atoms with Crippen LogP contribution in [0.5, 0.6) is 0 Å². The van der Waals surface area contributed by atoms with Gasteiger partial charge in [0.25, 0.3) is 0 Å². The number of halogens is 2. The van der Waals surface area contributed by atoms with E-state index < -0.39 is 0 Å². The van der Waals surface area contributed by atoms with E-state index in [0.29, 0.717) is 24.0 Å². The molecule has 3 rings (SSSR count). The molecule has 2 atom stereocenters. The van der Waals surface area contributed by atoms with Gasteiger partial charge in [-0.1, -0.05) is 18.9 Å². The van der Waals surface area contributed by atoms with Crippen LogP contribution in [0.15, 0.2) is 28.2 Å². The van der Waals surface area contributed by atoms with E-state index in [9.17, 15) is 4.79 Å². The van der Waals surface area contributed by atoms with Gasteiger partial charge in [0, 0.05) is 6.04 Å². The Morgan fingerprint density at radius 3 is 2.88 bits per heavy atom. The molecule has 1 aliphatic rings. The molecule has 134 valence electrons. The van der Waals surface area contributed by atoms with Crippen LogP contribution in [0.25, 0.3) is 10.8 Å². The van der Waals surface area contributed by atoms with Crippen molar-refractivity contribution in [3.8, 4) is 10.8 Å². The molecular formula is C16H23Cl2N3O2S. The topological polar surface area (TPSA) is 81.1 Å². The molecule has 2 heterocycles. The van der Waals surface area contributed by atoms with E-state index in [4.69, 9.17) is 10.2 Å². The second kappa shape index (κ2) is 10.0. The standard InChI is InChI=1S/C16H21N3O2S.2ClH/c17-9-11-4-1-2-5-13(11)19-15(20)8-12-10-21-16(18-12)14-6-3-7-22-14;;/h3,6-7,10-11,13H,1-2,4-5,8-9,17H2,(H,19,20);2*1H. The summed E-state index contributed by atoms with van der Waals surface area (Å²) in [5.74, 6) is 0.975. The fourth-order valence-electron chi connectivity index (χ4n) is 3.00. The number of carbonyl (C=O) groups is 1. The van der Waals surface area contributed by atoms with Crippen LogP contribution in [0.4, 0.5) is 0 Å². The first-order valence-corrected chi connectivity index (χ1v) is 8.62. The van der Waals surface area contributed by atoms with E-state index in [1.807, 2.05) is 17.5 Å². The van der Waals surface area contributed by atoms with Crippen molar-refractivity contribution >= 4 is 42.1 Å². The SMILES string of the molecule is Cl.Cl.NCC1CCCCC1NC(=O)Cc1coc(-c2cccs2)n1. The molecule has 0 aliphatic heterocycles. The normalized spacial score (nSPS) is 19.9. The lowest BCUT2D eigenvalue weighted by Crippen LogP contribution is -2.45. The van der Waals surface area contributed by atoms with Gasteiger partial charge in [0.05, 0.1) is 17.0 Å². The highest BCUT2D eigenvalue weighted by molar-refractivity contribution is 7.13. The Morgan fingerprint density at radius 2 is 2.17 bits per heavy atom. The Hall–Kier alpha value is -1.08. The molecule has 1 saturated carbocycles. The molecule has 8 heteroatoms. The maximum atomic E-state index is 12.2. The first-order valence-electron chi connectivity index (χ1n) is 7.74. The molecule has 2 unspecified atom stereocenters. The van der Waals surface area contributed by atoms with Crippen LogP contribution in [0.2, 0.25) is 0 Å². The third kappa shape index (κ3) is 5.21. The summed E-state index contributed by atoms with van der Waals surface area (Å²) in [6, 6.07) is 4.11. The van der Waals surface area contributed by atoms with E-state index in [1.165, 1.54) is 6.42 Å². The monoisotopic (exact) mass is 391 g/mol. The largest absolute Gasteiger partial charge is 0.444 e. The van der Waals surface area contributed by atoms with Crippen LogP contribution in [0.1, 0.15) is 31.4 Å². The van der Waals surface area contributed by atoms with Crippen molar-refractivity contribution in [1.82, 2.24) is 10.3 Å². The predicted octanol–water partition coefficient (Wildman–Crippen LogP) is 3.42. The number of aromatic nitrogens is 1. The first kappa shape index (κ1) is 21.0. The van der Waals surface area contributed by atoms with E-state index in [-0.39, 0.29) is 43.2 Å². The van der Waals surface area contributed by atoms with Crippen LogP contribution in [0, 0.1) is 5.92 Å². The Bertz CT molecular complexity index is 619. The summed E-state index contributed by atoms with van der Waals surface area (Å²) in [6.45, 7) is 0.636. The molecule has 0 saturated heterocycles. The number of nitrogens with two attached hydrogens (primary N) is 1. The quantitative estimate of drug-likeness (QED) is 0.817. The number of oxazole rings is 1. The van der Waals surface area contributed by atoms with Crippen molar-refractivity contribution in [1.29, 1.82) is 0 Å². The van der Waals surface area contributed by atoms with Gasteiger partial charge in [0.1, 0.15) is 6.26 Å². The molecule has 1 amide bonds. The lowest BCUT2D eigenvalue weighted by molar-refractivity contribution is -0.121. The van der Waals surface area contributed by atoms with E-state index in [0.717, 1.165) is 24.1 Å². The number of hydrogen-bond donors (Lipinski definition) is 2. The van der Waals surface area contributed by atoms with Gasteiger partial charge in [-0.3, -0.25) is 4.79 Å². The van der Waals surface area contributed by atoms with Crippen molar-refractivity contribution in [2.24, 2.45) is 11.7 Å².